The average Bonchev–Trinajstić information content (AvgIpc) is 2.84. The Hall–Kier alpha value is -1.65. The zero-order valence-electron chi connectivity index (χ0n) is 10.1. The SMILES string of the molecule is CC1=C2C(=O)OC(=O)C2CC(C2CCOC2=O)C1. The van der Waals surface area contributed by atoms with Gasteiger partial charge in [0.15, 0.2) is 0 Å². The van der Waals surface area contributed by atoms with E-state index in [0.717, 1.165) is 5.57 Å². The van der Waals surface area contributed by atoms with Gasteiger partial charge in [-0.05, 0) is 32.1 Å². The van der Waals surface area contributed by atoms with Gasteiger partial charge in [0.2, 0.25) is 0 Å². The maximum atomic E-state index is 11.6. The largest absolute Gasteiger partial charge is 0.465 e. The molecule has 1 aliphatic carbocycles. The maximum Gasteiger partial charge on any atom is 0.342 e. The molecule has 2 saturated heterocycles. The number of fused-ring (bicyclic) bond motifs is 1. The first kappa shape index (κ1) is 11.4. The summed E-state index contributed by atoms with van der Waals surface area (Å²) in [6.07, 6.45) is 1.91. The van der Waals surface area contributed by atoms with Gasteiger partial charge in [0.1, 0.15) is 0 Å². The third kappa shape index (κ3) is 1.57. The molecular formula is C13H14O5. The highest BCUT2D eigenvalue weighted by Gasteiger charge is 2.47. The van der Waals surface area contributed by atoms with Crippen molar-refractivity contribution in [1.29, 1.82) is 0 Å². The standard InChI is InChI=1S/C13H14O5/c1-6-4-7(8-2-3-17-11(8)14)5-9-10(6)13(16)18-12(9)15/h7-9H,2-5H2,1H3. The van der Waals surface area contributed by atoms with Crippen LogP contribution >= 0.6 is 0 Å². The number of rotatable bonds is 1. The average molecular weight is 250 g/mol. The maximum absolute atomic E-state index is 11.6. The zero-order chi connectivity index (χ0) is 12.9. The molecule has 0 bridgehead atoms. The van der Waals surface area contributed by atoms with Crippen LogP contribution in [0.5, 0.6) is 0 Å². The fraction of sp³-hybridized carbons (Fsp3) is 0.615. The Morgan fingerprint density at radius 3 is 2.61 bits per heavy atom. The Labute approximate surface area is 104 Å². The van der Waals surface area contributed by atoms with E-state index in [4.69, 9.17) is 4.74 Å². The van der Waals surface area contributed by atoms with E-state index in [1.165, 1.54) is 0 Å². The van der Waals surface area contributed by atoms with E-state index >= 15 is 0 Å². The molecule has 2 aliphatic heterocycles. The monoisotopic (exact) mass is 250 g/mol. The molecule has 0 spiro atoms. The van der Waals surface area contributed by atoms with Crippen molar-refractivity contribution < 1.29 is 23.9 Å². The van der Waals surface area contributed by atoms with Crippen LogP contribution in [0.2, 0.25) is 0 Å². The fourth-order valence-corrected chi connectivity index (χ4v) is 3.30. The Balaban J connectivity index is 1.88. The normalized spacial score (nSPS) is 35.6. The van der Waals surface area contributed by atoms with Crippen LogP contribution in [0, 0.1) is 17.8 Å². The second-order valence-electron chi connectivity index (χ2n) is 5.22. The number of carbonyl (C=O) groups is 3. The van der Waals surface area contributed by atoms with Crippen LogP contribution in [0.1, 0.15) is 26.2 Å². The van der Waals surface area contributed by atoms with Crippen molar-refractivity contribution in [2.75, 3.05) is 6.61 Å². The van der Waals surface area contributed by atoms with Crippen LogP contribution in [0.3, 0.4) is 0 Å². The summed E-state index contributed by atoms with van der Waals surface area (Å²) in [6, 6.07) is 0. The molecule has 3 atom stereocenters. The molecule has 0 radical (unpaired) electrons. The lowest BCUT2D eigenvalue weighted by Gasteiger charge is -2.28. The first-order chi connectivity index (χ1) is 8.58. The van der Waals surface area contributed by atoms with Gasteiger partial charge in [-0.25, -0.2) is 4.79 Å². The molecule has 0 saturated carbocycles. The van der Waals surface area contributed by atoms with Crippen LogP contribution in [0.4, 0.5) is 0 Å². The smallest absolute Gasteiger partial charge is 0.342 e. The van der Waals surface area contributed by atoms with E-state index in [9.17, 15) is 14.4 Å². The van der Waals surface area contributed by atoms with Crippen molar-refractivity contribution in [1.82, 2.24) is 0 Å². The molecule has 18 heavy (non-hydrogen) atoms. The Kier molecular flexibility index (Phi) is 2.50. The molecule has 3 unspecified atom stereocenters. The lowest BCUT2D eigenvalue weighted by atomic mass is 9.72. The minimum Gasteiger partial charge on any atom is -0.465 e. The lowest BCUT2D eigenvalue weighted by Crippen LogP contribution is -2.28. The molecule has 0 aromatic carbocycles. The van der Waals surface area contributed by atoms with Gasteiger partial charge in [-0.3, -0.25) is 9.59 Å². The van der Waals surface area contributed by atoms with Crippen molar-refractivity contribution in [3.63, 3.8) is 0 Å². The molecule has 5 nitrogen and oxygen atoms in total. The minimum absolute atomic E-state index is 0.0900. The summed E-state index contributed by atoms with van der Waals surface area (Å²) in [6.45, 7) is 2.30. The summed E-state index contributed by atoms with van der Waals surface area (Å²) in [5.74, 6) is -1.66. The Morgan fingerprint density at radius 2 is 1.94 bits per heavy atom. The van der Waals surface area contributed by atoms with E-state index in [1.807, 2.05) is 6.92 Å². The van der Waals surface area contributed by atoms with Crippen molar-refractivity contribution in [2.24, 2.45) is 17.8 Å². The number of hydrogen-bond acceptors (Lipinski definition) is 5. The van der Waals surface area contributed by atoms with Crippen LogP contribution in [-0.2, 0) is 23.9 Å². The molecule has 2 heterocycles. The second kappa shape index (κ2) is 3.93. The third-order valence-corrected chi connectivity index (χ3v) is 4.16. The molecule has 0 amide bonds. The van der Waals surface area contributed by atoms with Crippen LogP contribution in [-0.4, -0.2) is 24.5 Å². The van der Waals surface area contributed by atoms with Gasteiger partial charge in [0.25, 0.3) is 0 Å². The van der Waals surface area contributed by atoms with Crippen molar-refractivity contribution in [3.8, 4) is 0 Å². The number of hydrogen-bond donors (Lipinski definition) is 0. The lowest BCUT2D eigenvalue weighted by molar-refractivity contribution is -0.153. The predicted octanol–water partition coefficient (Wildman–Crippen LogP) is 0.976. The van der Waals surface area contributed by atoms with E-state index in [1.54, 1.807) is 0 Å². The highest BCUT2D eigenvalue weighted by atomic mass is 16.6. The highest BCUT2D eigenvalue weighted by Crippen LogP contribution is 2.43. The van der Waals surface area contributed by atoms with Gasteiger partial charge >= 0.3 is 17.9 Å². The van der Waals surface area contributed by atoms with E-state index in [0.29, 0.717) is 31.4 Å². The molecule has 3 rings (SSSR count). The van der Waals surface area contributed by atoms with Gasteiger partial charge in [-0.2, -0.15) is 0 Å². The summed E-state index contributed by atoms with van der Waals surface area (Å²) in [5, 5.41) is 0. The minimum atomic E-state index is -0.505. The summed E-state index contributed by atoms with van der Waals surface area (Å²) in [4.78, 5) is 34.7. The quantitative estimate of drug-likeness (QED) is 0.512. The van der Waals surface area contributed by atoms with Gasteiger partial charge in [-0.15, -0.1) is 0 Å². The Morgan fingerprint density at radius 1 is 1.17 bits per heavy atom. The molecule has 96 valence electrons. The fourth-order valence-electron chi connectivity index (χ4n) is 3.30. The van der Waals surface area contributed by atoms with Gasteiger partial charge in [-0.1, -0.05) is 5.57 Å². The van der Waals surface area contributed by atoms with Crippen molar-refractivity contribution >= 4 is 17.9 Å². The summed E-state index contributed by atoms with van der Waals surface area (Å²) in [7, 11) is 0. The molecule has 2 fully saturated rings. The summed E-state index contributed by atoms with van der Waals surface area (Å²) in [5.41, 5.74) is 1.40. The predicted molar refractivity (Wildman–Crippen MR) is 59.1 cm³/mol. The van der Waals surface area contributed by atoms with E-state index in [-0.39, 0.29) is 17.8 Å². The molecule has 5 heteroatoms. The van der Waals surface area contributed by atoms with Gasteiger partial charge in [0, 0.05) is 0 Å². The number of carbonyl (C=O) groups excluding carboxylic acids is 3. The van der Waals surface area contributed by atoms with E-state index in [2.05, 4.69) is 4.74 Å². The number of cyclic esters (lactones) is 3. The zero-order valence-corrected chi connectivity index (χ0v) is 10.1. The molecule has 0 N–H and O–H groups in total. The molecule has 0 aromatic heterocycles. The summed E-state index contributed by atoms with van der Waals surface area (Å²) >= 11 is 0. The second-order valence-corrected chi connectivity index (χ2v) is 5.22. The number of ether oxygens (including phenoxy) is 2. The Bertz CT molecular complexity index is 476. The summed E-state index contributed by atoms with van der Waals surface area (Å²) < 4.78 is 9.64. The topological polar surface area (TPSA) is 69.7 Å². The molecule has 3 aliphatic rings. The first-order valence-electron chi connectivity index (χ1n) is 6.20. The molecular weight excluding hydrogens is 236 g/mol. The van der Waals surface area contributed by atoms with E-state index < -0.39 is 17.9 Å². The van der Waals surface area contributed by atoms with Crippen molar-refractivity contribution in [3.05, 3.63) is 11.1 Å². The van der Waals surface area contributed by atoms with Crippen LogP contribution in [0.25, 0.3) is 0 Å². The molecule has 0 aromatic rings. The van der Waals surface area contributed by atoms with Crippen LogP contribution < -0.4 is 0 Å². The number of allylic oxidation sites excluding steroid dienone is 1. The van der Waals surface area contributed by atoms with Crippen molar-refractivity contribution in [2.45, 2.75) is 26.2 Å². The first-order valence-corrected chi connectivity index (χ1v) is 6.20. The highest BCUT2D eigenvalue weighted by molar-refractivity contribution is 6.08. The third-order valence-electron chi connectivity index (χ3n) is 4.16. The van der Waals surface area contributed by atoms with Gasteiger partial charge < -0.3 is 9.47 Å². The van der Waals surface area contributed by atoms with Crippen LogP contribution in [0.15, 0.2) is 11.1 Å². The number of esters is 3. The van der Waals surface area contributed by atoms with Gasteiger partial charge in [0.05, 0.1) is 24.0 Å².